The molecule has 0 saturated carbocycles. The Morgan fingerprint density at radius 2 is 2.35 bits per heavy atom. The second-order valence-electron chi connectivity index (χ2n) is 4.50. The van der Waals surface area contributed by atoms with Gasteiger partial charge in [-0.25, -0.2) is 0 Å². The average Bonchev–Trinajstić information content (AvgIpc) is 2.29. The van der Waals surface area contributed by atoms with Gasteiger partial charge in [-0.1, -0.05) is 6.07 Å². The summed E-state index contributed by atoms with van der Waals surface area (Å²) in [4.78, 5) is 0. The molecule has 2 N–H and O–H groups in total. The van der Waals surface area contributed by atoms with Crippen LogP contribution in [0.5, 0.6) is 0 Å². The number of nitriles is 1. The second kappa shape index (κ2) is 5.52. The predicted molar refractivity (Wildman–Crippen MR) is 73.0 cm³/mol. The van der Waals surface area contributed by atoms with Gasteiger partial charge in [0.15, 0.2) is 0 Å². The summed E-state index contributed by atoms with van der Waals surface area (Å²) >= 11 is 3.41. The van der Waals surface area contributed by atoms with Crippen LogP contribution in [0, 0.1) is 11.3 Å². The number of piperidine rings is 1. The van der Waals surface area contributed by atoms with Crippen LogP contribution in [0.4, 0.5) is 5.69 Å². The Bertz CT molecular complexity index is 439. The SMILES string of the molecule is CC1CC(Nc2cccc(Br)c2C#N)CCN1. The van der Waals surface area contributed by atoms with Gasteiger partial charge in [0.05, 0.1) is 11.3 Å². The first-order valence-electron chi connectivity index (χ1n) is 5.89. The predicted octanol–water partition coefficient (Wildman–Crippen LogP) is 2.87. The highest BCUT2D eigenvalue weighted by molar-refractivity contribution is 9.10. The highest BCUT2D eigenvalue weighted by atomic mass is 79.9. The summed E-state index contributed by atoms with van der Waals surface area (Å²) in [6.45, 7) is 3.23. The Kier molecular flexibility index (Phi) is 4.03. The van der Waals surface area contributed by atoms with Crippen LogP contribution in [0.25, 0.3) is 0 Å². The van der Waals surface area contributed by atoms with Crippen molar-refractivity contribution >= 4 is 21.6 Å². The summed E-state index contributed by atoms with van der Waals surface area (Å²) in [6, 6.07) is 9.05. The fourth-order valence-corrected chi connectivity index (χ4v) is 2.70. The molecule has 17 heavy (non-hydrogen) atoms. The molecule has 0 aliphatic carbocycles. The van der Waals surface area contributed by atoms with E-state index in [2.05, 4.69) is 39.6 Å². The first-order valence-corrected chi connectivity index (χ1v) is 6.68. The maximum atomic E-state index is 9.15. The Morgan fingerprint density at radius 1 is 1.53 bits per heavy atom. The number of hydrogen-bond donors (Lipinski definition) is 2. The molecular formula is C13H16BrN3. The van der Waals surface area contributed by atoms with Gasteiger partial charge in [0.1, 0.15) is 6.07 Å². The Morgan fingerprint density at radius 3 is 3.06 bits per heavy atom. The summed E-state index contributed by atoms with van der Waals surface area (Å²) in [6.07, 6.45) is 2.19. The zero-order valence-corrected chi connectivity index (χ0v) is 11.4. The smallest absolute Gasteiger partial charge is 0.103 e. The topological polar surface area (TPSA) is 47.9 Å². The number of hydrogen-bond acceptors (Lipinski definition) is 3. The van der Waals surface area contributed by atoms with E-state index in [0.29, 0.717) is 17.6 Å². The summed E-state index contributed by atoms with van der Waals surface area (Å²) < 4.78 is 0.854. The molecule has 1 aromatic rings. The Balaban J connectivity index is 2.13. The van der Waals surface area contributed by atoms with Gasteiger partial charge in [-0.3, -0.25) is 0 Å². The molecule has 1 saturated heterocycles. The van der Waals surface area contributed by atoms with E-state index in [4.69, 9.17) is 5.26 Å². The number of nitrogens with zero attached hydrogens (tertiary/aromatic N) is 1. The minimum absolute atomic E-state index is 0.452. The molecule has 0 bridgehead atoms. The fraction of sp³-hybridized carbons (Fsp3) is 0.462. The van der Waals surface area contributed by atoms with Crippen molar-refractivity contribution in [3.05, 3.63) is 28.2 Å². The molecule has 0 radical (unpaired) electrons. The summed E-state index contributed by atoms with van der Waals surface area (Å²) in [5.41, 5.74) is 1.62. The standard InChI is InChI=1S/C13H16BrN3/c1-9-7-10(5-6-16-9)17-13-4-2-3-12(14)11(13)8-15/h2-4,9-10,16-17H,5-7H2,1H3. The number of anilines is 1. The molecule has 2 rings (SSSR count). The Labute approximate surface area is 110 Å². The van der Waals surface area contributed by atoms with Crippen molar-refractivity contribution in [2.75, 3.05) is 11.9 Å². The lowest BCUT2D eigenvalue weighted by Crippen LogP contribution is -2.41. The molecule has 1 heterocycles. The zero-order chi connectivity index (χ0) is 12.3. The lowest BCUT2D eigenvalue weighted by molar-refractivity contribution is 0.396. The molecule has 90 valence electrons. The molecule has 0 spiro atoms. The van der Waals surface area contributed by atoms with Crippen molar-refractivity contribution in [2.24, 2.45) is 0 Å². The van der Waals surface area contributed by atoms with Gasteiger partial charge in [0.2, 0.25) is 0 Å². The summed E-state index contributed by atoms with van der Waals surface area (Å²) in [5, 5.41) is 16.1. The van der Waals surface area contributed by atoms with E-state index < -0.39 is 0 Å². The number of rotatable bonds is 2. The highest BCUT2D eigenvalue weighted by Crippen LogP contribution is 2.25. The van der Waals surface area contributed by atoms with Gasteiger partial charge in [-0.2, -0.15) is 5.26 Å². The average molecular weight is 294 g/mol. The minimum Gasteiger partial charge on any atom is -0.381 e. The normalized spacial score (nSPS) is 24.1. The lowest BCUT2D eigenvalue weighted by Gasteiger charge is -2.29. The van der Waals surface area contributed by atoms with E-state index in [1.165, 1.54) is 0 Å². The van der Waals surface area contributed by atoms with Gasteiger partial charge in [-0.15, -0.1) is 0 Å². The molecule has 1 aromatic carbocycles. The molecular weight excluding hydrogens is 278 g/mol. The van der Waals surface area contributed by atoms with E-state index >= 15 is 0 Å². The van der Waals surface area contributed by atoms with Crippen LogP contribution in [0.1, 0.15) is 25.3 Å². The fourth-order valence-electron chi connectivity index (χ4n) is 2.24. The third-order valence-corrected chi connectivity index (χ3v) is 3.77. The molecule has 2 unspecified atom stereocenters. The van der Waals surface area contributed by atoms with Crippen LogP contribution in [0.3, 0.4) is 0 Å². The van der Waals surface area contributed by atoms with Crippen molar-refractivity contribution in [1.82, 2.24) is 5.32 Å². The molecule has 3 nitrogen and oxygen atoms in total. The number of benzene rings is 1. The lowest BCUT2D eigenvalue weighted by atomic mass is 10.00. The van der Waals surface area contributed by atoms with Crippen LogP contribution < -0.4 is 10.6 Å². The van der Waals surface area contributed by atoms with E-state index in [9.17, 15) is 0 Å². The number of halogens is 1. The van der Waals surface area contributed by atoms with Crippen molar-refractivity contribution < 1.29 is 0 Å². The molecule has 4 heteroatoms. The van der Waals surface area contributed by atoms with Crippen LogP contribution in [-0.4, -0.2) is 18.6 Å². The van der Waals surface area contributed by atoms with Crippen LogP contribution >= 0.6 is 15.9 Å². The van der Waals surface area contributed by atoms with Crippen molar-refractivity contribution in [1.29, 1.82) is 5.26 Å². The van der Waals surface area contributed by atoms with Crippen molar-refractivity contribution in [3.63, 3.8) is 0 Å². The third-order valence-electron chi connectivity index (χ3n) is 3.11. The van der Waals surface area contributed by atoms with Gasteiger partial charge < -0.3 is 10.6 Å². The number of nitrogens with one attached hydrogen (secondary N) is 2. The molecule has 0 aromatic heterocycles. The van der Waals surface area contributed by atoms with Crippen LogP contribution in [-0.2, 0) is 0 Å². The van der Waals surface area contributed by atoms with Gasteiger partial charge >= 0.3 is 0 Å². The van der Waals surface area contributed by atoms with E-state index in [1.54, 1.807) is 0 Å². The van der Waals surface area contributed by atoms with E-state index in [0.717, 1.165) is 29.5 Å². The maximum absolute atomic E-state index is 9.15. The first kappa shape index (κ1) is 12.4. The first-order chi connectivity index (χ1) is 8.20. The van der Waals surface area contributed by atoms with Gasteiger partial charge in [-0.05, 0) is 54.4 Å². The Hall–Kier alpha value is -1.05. The summed E-state index contributed by atoms with van der Waals surface area (Å²) in [5.74, 6) is 0. The molecule has 1 aliphatic heterocycles. The largest absolute Gasteiger partial charge is 0.381 e. The van der Waals surface area contributed by atoms with E-state index in [-0.39, 0.29) is 0 Å². The monoisotopic (exact) mass is 293 g/mol. The third kappa shape index (κ3) is 2.99. The second-order valence-corrected chi connectivity index (χ2v) is 5.35. The van der Waals surface area contributed by atoms with Gasteiger partial charge in [0, 0.05) is 16.6 Å². The molecule has 1 fully saturated rings. The highest BCUT2D eigenvalue weighted by Gasteiger charge is 2.19. The maximum Gasteiger partial charge on any atom is 0.103 e. The zero-order valence-electron chi connectivity index (χ0n) is 9.83. The van der Waals surface area contributed by atoms with Crippen LogP contribution in [0.2, 0.25) is 0 Å². The van der Waals surface area contributed by atoms with Gasteiger partial charge in [0.25, 0.3) is 0 Å². The molecule has 2 atom stereocenters. The van der Waals surface area contributed by atoms with Crippen molar-refractivity contribution in [2.45, 2.75) is 31.8 Å². The quantitative estimate of drug-likeness (QED) is 0.881. The summed E-state index contributed by atoms with van der Waals surface area (Å²) in [7, 11) is 0. The van der Waals surface area contributed by atoms with Crippen molar-refractivity contribution in [3.8, 4) is 6.07 Å². The van der Waals surface area contributed by atoms with E-state index in [1.807, 2.05) is 18.2 Å². The molecule has 1 aliphatic rings. The minimum atomic E-state index is 0.452. The molecule has 0 amide bonds. The van der Waals surface area contributed by atoms with Crippen LogP contribution in [0.15, 0.2) is 22.7 Å².